The van der Waals surface area contributed by atoms with E-state index in [2.05, 4.69) is 26.0 Å². The summed E-state index contributed by atoms with van der Waals surface area (Å²) >= 11 is 0. The van der Waals surface area contributed by atoms with Crippen LogP contribution in [0, 0.1) is 26.2 Å². The van der Waals surface area contributed by atoms with E-state index in [1.54, 1.807) is 0 Å². The normalized spacial score (nSPS) is 9.73. The Balaban J connectivity index is 3.40. The molecule has 0 amide bonds. The summed E-state index contributed by atoms with van der Waals surface area (Å²) in [5.41, 5.74) is 4.72. The molecule has 0 bridgehead atoms. The van der Waals surface area contributed by atoms with Crippen LogP contribution >= 0.6 is 0 Å². The standard InChI is InChI=1S/C10H13N/c1-7-4-5-8(2)10(6-11)9(7)3/h4-6,11H,1-3H3. The highest BCUT2D eigenvalue weighted by Crippen LogP contribution is 2.14. The largest absolute Gasteiger partial charge is 0.308 e. The van der Waals surface area contributed by atoms with E-state index < -0.39 is 0 Å². The van der Waals surface area contributed by atoms with Gasteiger partial charge in [-0.25, -0.2) is 0 Å². The Hall–Kier alpha value is -1.11. The molecule has 1 N–H and O–H groups in total. The molecule has 0 spiro atoms. The van der Waals surface area contributed by atoms with Crippen LogP contribution in [0.5, 0.6) is 0 Å². The number of benzene rings is 1. The summed E-state index contributed by atoms with van der Waals surface area (Å²) in [7, 11) is 0. The van der Waals surface area contributed by atoms with Crippen molar-refractivity contribution in [3.05, 3.63) is 34.4 Å². The van der Waals surface area contributed by atoms with Gasteiger partial charge in [0.05, 0.1) is 0 Å². The highest BCUT2D eigenvalue weighted by atomic mass is 14.3. The van der Waals surface area contributed by atoms with Gasteiger partial charge < -0.3 is 5.41 Å². The Bertz CT molecular complexity index is 287. The van der Waals surface area contributed by atoms with Crippen molar-refractivity contribution in [3.8, 4) is 0 Å². The summed E-state index contributed by atoms with van der Waals surface area (Å²) in [4.78, 5) is 0. The fourth-order valence-electron chi connectivity index (χ4n) is 1.20. The third-order valence-corrected chi connectivity index (χ3v) is 2.15. The molecule has 0 radical (unpaired) electrons. The van der Waals surface area contributed by atoms with E-state index in [0.717, 1.165) is 5.56 Å². The second-order valence-corrected chi connectivity index (χ2v) is 2.88. The van der Waals surface area contributed by atoms with Gasteiger partial charge in [-0.2, -0.15) is 0 Å². The minimum absolute atomic E-state index is 1.06. The molecule has 0 unspecified atom stereocenters. The summed E-state index contributed by atoms with van der Waals surface area (Å²) in [5, 5.41) is 7.20. The fraction of sp³-hybridized carbons (Fsp3) is 0.300. The fourth-order valence-corrected chi connectivity index (χ4v) is 1.20. The van der Waals surface area contributed by atoms with Crippen molar-refractivity contribution in [1.29, 1.82) is 5.41 Å². The van der Waals surface area contributed by atoms with Crippen LogP contribution in [0.15, 0.2) is 12.1 Å². The van der Waals surface area contributed by atoms with Crippen molar-refractivity contribution < 1.29 is 0 Å². The quantitative estimate of drug-likeness (QED) is 0.590. The van der Waals surface area contributed by atoms with Crippen LogP contribution in [-0.4, -0.2) is 6.21 Å². The van der Waals surface area contributed by atoms with Gasteiger partial charge in [0.25, 0.3) is 0 Å². The SMILES string of the molecule is Cc1ccc(C)c(C=N)c1C. The highest BCUT2D eigenvalue weighted by Gasteiger charge is 2.00. The Morgan fingerprint density at radius 3 is 2.09 bits per heavy atom. The van der Waals surface area contributed by atoms with E-state index in [0.29, 0.717) is 0 Å². The van der Waals surface area contributed by atoms with Gasteiger partial charge in [-0.15, -0.1) is 0 Å². The predicted octanol–water partition coefficient (Wildman–Crippen LogP) is 2.61. The van der Waals surface area contributed by atoms with Crippen molar-refractivity contribution in [2.75, 3.05) is 0 Å². The zero-order chi connectivity index (χ0) is 8.43. The number of nitrogens with one attached hydrogen (secondary N) is 1. The zero-order valence-corrected chi connectivity index (χ0v) is 7.23. The van der Waals surface area contributed by atoms with Crippen molar-refractivity contribution in [2.45, 2.75) is 20.8 Å². The maximum atomic E-state index is 7.20. The Labute approximate surface area is 67.6 Å². The maximum absolute atomic E-state index is 7.20. The second-order valence-electron chi connectivity index (χ2n) is 2.88. The van der Waals surface area contributed by atoms with E-state index in [1.807, 2.05) is 6.92 Å². The van der Waals surface area contributed by atoms with Crippen LogP contribution in [0.3, 0.4) is 0 Å². The summed E-state index contributed by atoms with van der Waals surface area (Å²) in [5.74, 6) is 0. The van der Waals surface area contributed by atoms with E-state index in [-0.39, 0.29) is 0 Å². The molecule has 1 aromatic rings. The summed E-state index contributed by atoms with van der Waals surface area (Å²) in [6, 6.07) is 4.15. The van der Waals surface area contributed by atoms with Crippen LogP contribution in [0.1, 0.15) is 22.3 Å². The van der Waals surface area contributed by atoms with Crippen molar-refractivity contribution >= 4 is 6.21 Å². The molecule has 0 aliphatic carbocycles. The molecule has 0 aliphatic rings. The molecule has 1 heteroatoms. The first-order valence-corrected chi connectivity index (χ1v) is 3.74. The average molecular weight is 147 g/mol. The van der Waals surface area contributed by atoms with Crippen molar-refractivity contribution in [3.63, 3.8) is 0 Å². The summed E-state index contributed by atoms with van der Waals surface area (Å²) in [6.45, 7) is 6.16. The minimum Gasteiger partial charge on any atom is -0.308 e. The number of hydrogen-bond donors (Lipinski definition) is 1. The summed E-state index contributed by atoms with van der Waals surface area (Å²) in [6.07, 6.45) is 1.43. The molecular formula is C10H13N. The smallest absolute Gasteiger partial charge is 0.0255 e. The van der Waals surface area contributed by atoms with Crippen molar-refractivity contribution in [1.82, 2.24) is 0 Å². The number of rotatable bonds is 1. The van der Waals surface area contributed by atoms with Gasteiger partial charge in [0.15, 0.2) is 0 Å². The lowest BCUT2D eigenvalue weighted by atomic mass is 9.99. The van der Waals surface area contributed by atoms with E-state index in [4.69, 9.17) is 5.41 Å². The maximum Gasteiger partial charge on any atom is 0.0255 e. The van der Waals surface area contributed by atoms with Crippen LogP contribution < -0.4 is 0 Å². The second kappa shape index (κ2) is 2.87. The Morgan fingerprint density at radius 2 is 1.64 bits per heavy atom. The Morgan fingerprint density at radius 1 is 1.09 bits per heavy atom. The van der Waals surface area contributed by atoms with E-state index >= 15 is 0 Å². The van der Waals surface area contributed by atoms with Gasteiger partial charge in [0.2, 0.25) is 0 Å². The van der Waals surface area contributed by atoms with Crippen LogP contribution in [-0.2, 0) is 0 Å². The number of hydrogen-bond acceptors (Lipinski definition) is 1. The molecule has 58 valence electrons. The molecule has 0 aliphatic heterocycles. The van der Waals surface area contributed by atoms with Gasteiger partial charge in [0, 0.05) is 6.21 Å². The molecule has 0 atom stereocenters. The van der Waals surface area contributed by atoms with Gasteiger partial charge >= 0.3 is 0 Å². The van der Waals surface area contributed by atoms with E-state index in [9.17, 15) is 0 Å². The number of aryl methyl sites for hydroxylation is 2. The first-order valence-electron chi connectivity index (χ1n) is 3.74. The molecular weight excluding hydrogens is 134 g/mol. The predicted molar refractivity (Wildman–Crippen MR) is 48.5 cm³/mol. The lowest BCUT2D eigenvalue weighted by Crippen LogP contribution is -1.93. The molecule has 0 saturated carbocycles. The minimum atomic E-state index is 1.06. The lowest BCUT2D eigenvalue weighted by molar-refractivity contribution is 1.28. The first kappa shape index (κ1) is 7.99. The summed E-state index contributed by atoms with van der Waals surface area (Å²) < 4.78 is 0. The van der Waals surface area contributed by atoms with Crippen LogP contribution in [0.2, 0.25) is 0 Å². The molecule has 0 heterocycles. The lowest BCUT2D eigenvalue weighted by Gasteiger charge is -2.06. The van der Waals surface area contributed by atoms with Gasteiger partial charge in [-0.05, 0) is 43.0 Å². The molecule has 0 aromatic heterocycles. The Kier molecular flexibility index (Phi) is 2.08. The third kappa shape index (κ3) is 1.32. The molecule has 0 saturated heterocycles. The monoisotopic (exact) mass is 147 g/mol. The average Bonchev–Trinajstić information content (AvgIpc) is 1.99. The van der Waals surface area contributed by atoms with Gasteiger partial charge in [0.1, 0.15) is 0 Å². The molecule has 1 nitrogen and oxygen atoms in total. The van der Waals surface area contributed by atoms with Gasteiger partial charge in [-0.3, -0.25) is 0 Å². The molecule has 1 aromatic carbocycles. The van der Waals surface area contributed by atoms with Crippen LogP contribution in [0.4, 0.5) is 0 Å². The van der Waals surface area contributed by atoms with Crippen LogP contribution in [0.25, 0.3) is 0 Å². The molecule has 1 rings (SSSR count). The first-order chi connectivity index (χ1) is 5.16. The van der Waals surface area contributed by atoms with Gasteiger partial charge in [-0.1, -0.05) is 12.1 Å². The van der Waals surface area contributed by atoms with E-state index in [1.165, 1.54) is 22.9 Å². The molecule has 0 fully saturated rings. The molecule has 11 heavy (non-hydrogen) atoms. The highest BCUT2D eigenvalue weighted by molar-refractivity contribution is 5.81. The topological polar surface area (TPSA) is 23.9 Å². The van der Waals surface area contributed by atoms with Crippen molar-refractivity contribution in [2.24, 2.45) is 0 Å². The zero-order valence-electron chi connectivity index (χ0n) is 7.23. The third-order valence-electron chi connectivity index (χ3n) is 2.15.